The van der Waals surface area contributed by atoms with Crippen molar-refractivity contribution in [3.63, 3.8) is 0 Å². The first-order valence-electron chi connectivity index (χ1n) is 15.6. The van der Waals surface area contributed by atoms with Gasteiger partial charge < -0.3 is 19.3 Å². The third kappa shape index (κ3) is 9.69. The number of phosphoric ester groups is 1. The average molecular weight is 717 g/mol. The van der Waals surface area contributed by atoms with Crippen molar-refractivity contribution in [3.8, 4) is 24.3 Å². The summed E-state index contributed by atoms with van der Waals surface area (Å²) in [6.45, 7) is -1.86. The molecule has 4 aromatic carbocycles. The molecule has 1 N–H and O–H groups in total. The van der Waals surface area contributed by atoms with E-state index in [9.17, 15) is 35.5 Å². The Labute approximate surface area is 299 Å². The van der Waals surface area contributed by atoms with Gasteiger partial charge in [-0.05, 0) is 70.8 Å². The molecular weight excluding hydrogens is 687 g/mol. The van der Waals surface area contributed by atoms with Crippen molar-refractivity contribution in [2.45, 2.75) is 38.6 Å². The molecule has 1 heterocycles. The molecule has 0 fully saturated rings. The highest BCUT2D eigenvalue weighted by molar-refractivity contribution is 7.48. The maximum atomic E-state index is 14.3. The number of nitriles is 4. The highest BCUT2D eigenvalue weighted by Gasteiger charge is 2.46. The second-order valence-corrected chi connectivity index (χ2v) is 12.8. The van der Waals surface area contributed by atoms with Crippen LogP contribution in [0.4, 0.5) is 0 Å². The van der Waals surface area contributed by atoms with Crippen molar-refractivity contribution >= 4 is 13.8 Å². The summed E-state index contributed by atoms with van der Waals surface area (Å²) in [5.74, 6) is -1.52. The van der Waals surface area contributed by atoms with Crippen molar-refractivity contribution < 1.29 is 42.2 Å². The molecule has 0 aromatic heterocycles. The Morgan fingerprint density at radius 2 is 1.06 bits per heavy atom. The third-order valence-corrected chi connectivity index (χ3v) is 8.88. The van der Waals surface area contributed by atoms with Crippen LogP contribution in [0.1, 0.15) is 44.5 Å². The standard InChI is InChI=1S/C38H29N4O9P/c39-17-26-5-1-9-30(13-26)22-46-36-35(50-38(44)37(36)47-23-31-10-2-6-27(14-31)18-40)34(21-43)51-52(45,48-24-32-11-3-7-28(15-32)19-41)49-25-33-12-4-8-29(16-33)20-42/h1-16,34-35,43H,21-25H2. The number of carbonyl (C=O) groups is 1. The summed E-state index contributed by atoms with van der Waals surface area (Å²) in [7, 11) is -4.65. The van der Waals surface area contributed by atoms with Crippen LogP contribution < -0.4 is 0 Å². The quantitative estimate of drug-likeness (QED) is 0.105. The van der Waals surface area contributed by atoms with Gasteiger partial charge in [-0.25, -0.2) is 9.36 Å². The zero-order valence-electron chi connectivity index (χ0n) is 27.4. The molecule has 4 aromatic rings. The molecule has 14 heteroatoms. The van der Waals surface area contributed by atoms with Gasteiger partial charge in [-0.2, -0.15) is 21.0 Å². The van der Waals surface area contributed by atoms with Crippen molar-refractivity contribution in [2.24, 2.45) is 0 Å². The van der Waals surface area contributed by atoms with Gasteiger partial charge in [0.1, 0.15) is 19.3 Å². The van der Waals surface area contributed by atoms with Gasteiger partial charge in [-0.1, -0.05) is 48.5 Å². The lowest BCUT2D eigenvalue weighted by molar-refractivity contribution is -0.148. The summed E-state index contributed by atoms with van der Waals surface area (Å²) < 4.78 is 49.0. The summed E-state index contributed by atoms with van der Waals surface area (Å²) in [5, 5.41) is 47.8. The van der Waals surface area contributed by atoms with E-state index in [4.69, 9.17) is 27.8 Å². The minimum absolute atomic E-state index is 0.164. The molecule has 1 aliphatic heterocycles. The van der Waals surface area contributed by atoms with Crippen LogP contribution in [0, 0.1) is 45.3 Å². The topological polar surface area (TPSA) is 205 Å². The Bertz CT molecular complexity index is 2130. The van der Waals surface area contributed by atoms with Crippen LogP contribution in [0.3, 0.4) is 0 Å². The normalized spacial score (nSPS) is 14.3. The molecule has 5 rings (SSSR count). The number of carbonyl (C=O) groups excluding carboxylic acids is 1. The van der Waals surface area contributed by atoms with Gasteiger partial charge in [0.15, 0.2) is 11.9 Å². The summed E-state index contributed by atoms with van der Waals surface area (Å²) in [6, 6.07) is 33.9. The van der Waals surface area contributed by atoms with Crippen LogP contribution in [0.15, 0.2) is 109 Å². The fourth-order valence-electron chi connectivity index (χ4n) is 4.97. The van der Waals surface area contributed by atoms with Crippen LogP contribution in [-0.2, 0) is 63.6 Å². The Balaban J connectivity index is 1.44. The van der Waals surface area contributed by atoms with Gasteiger partial charge in [-0.15, -0.1) is 0 Å². The molecular formula is C38H29N4O9P. The second kappa shape index (κ2) is 17.6. The molecule has 2 unspecified atom stereocenters. The predicted molar refractivity (Wildman–Crippen MR) is 180 cm³/mol. The van der Waals surface area contributed by atoms with E-state index in [1.807, 2.05) is 24.3 Å². The Morgan fingerprint density at radius 3 is 1.46 bits per heavy atom. The Morgan fingerprint density at radius 1 is 0.654 bits per heavy atom. The Kier molecular flexibility index (Phi) is 12.5. The highest BCUT2D eigenvalue weighted by atomic mass is 31.2. The molecule has 0 amide bonds. The van der Waals surface area contributed by atoms with Crippen molar-refractivity contribution in [3.05, 3.63) is 153 Å². The molecule has 0 saturated heterocycles. The van der Waals surface area contributed by atoms with E-state index in [2.05, 4.69) is 0 Å². The molecule has 260 valence electrons. The zero-order valence-corrected chi connectivity index (χ0v) is 28.3. The monoisotopic (exact) mass is 716 g/mol. The molecule has 0 aliphatic carbocycles. The summed E-state index contributed by atoms with van der Waals surface area (Å²) in [4.78, 5) is 13.3. The van der Waals surface area contributed by atoms with E-state index in [0.29, 0.717) is 44.5 Å². The highest BCUT2D eigenvalue weighted by Crippen LogP contribution is 2.53. The van der Waals surface area contributed by atoms with E-state index < -0.39 is 32.6 Å². The molecule has 0 spiro atoms. The molecule has 52 heavy (non-hydrogen) atoms. The van der Waals surface area contributed by atoms with Crippen LogP contribution in [0.2, 0.25) is 0 Å². The van der Waals surface area contributed by atoms with Gasteiger partial charge in [-0.3, -0.25) is 13.6 Å². The molecule has 2 atom stereocenters. The predicted octanol–water partition coefficient (Wildman–Crippen LogP) is 5.96. The van der Waals surface area contributed by atoms with Gasteiger partial charge in [0.05, 0.1) is 66.4 Å². The third-order valence-electron chi connectivity index (χ3n) is 7.46. The maximum Gasteiger partial charge on any atom is 0.475 e. The first-order valence-corrected chi connectivity index (χ1v) is 17.1. The van der Waals surface area contributed by atoms with Crippen molar-refractivity contribution in [1.29, 1.82) is 21.0 Å². The lowest BCUT2D eigenvalue weighted by Gasteiger charge is -2.27. The number of esters is 1. The number of ether oxygens (including phenoxy) is 3. The van der Waals surface area contributed by atoms with Crippen molar-refractivity contribution in [1.82, 2.24) is 0 Å². The van der Waals surface area contributed by atoms with Gasteiger partial charge in [0, 0.05) is 0 Å². The summed E-state index contributed by atoms with van der Waals surface area (Å²) in [6.07, 6.45) is -3.10. The molecule has 0 radical (unpaired) electrons. The van der Waals surface area contributed by atoms with E-state index >= 15 is 0 Å². The van der Waals surface area contributed by atoms with Crippen LogP contribution in [0.25, 0.3) is 0 Å². The van der Waals surface area contributed by atoms with E-state index in [1.165, 1.54) is 12.1 Å². The number of aliphatic hydroxyl groups excluding tert-OH is 1. The summed E-state index contributed by atoms with van der Waals surface area (Å²) >= 11 is 0. The molecule has 0 bridgehead atoms. The van der Waals surface area contributed by atoms with Crippen LogP contribution >= 0.6 is 7.82 Å². The second-order valence-electron chi connectivity index (χ2n) is 11.2. The van der Waals surface area contributed by atoms with Crippen LogP contribution in [-0.4, -0.2) is 29.9 Å². The maximum absolute atomic E-state index is 14.3. The first kappa shape index (κ1) is 37.0. The lowest BCUT2D eigenvalue weighted by Crippen LogP contribution is -2.35. The average Bonchev–Trinajstić information content (AvgIpc) is 3.51. The Hall–Kier alpha value is -6.28. The fourth-order valence-corrected chi connectivity index (χ4v) is 6.29. The number of benzene rings is 4. The smallest absolute Gasteiger partial charge is 0.475 e. The minimum atomic E-state index is -4.65. The minimum Gasteiger partial charge on any atom is -0.485 e. The van der Waals surface area contributed by atoms with E-state index in [-0.39, 0.29) is 37.9 Å². The number of rotatable bonds is 16. The first-order chi connectivity index (χ1) is 25.3. The van der Waals surface area contributed by atoms with Crippen molar-refractivity contribution in [2.75, 3.05) is 6.61 Å². The SMILES string of the molecule is N#Cc1cccc(COC2=C(OCc3cccc(C#N)c3)C(C(CO)OP(=O)(OCc3cccc(C#N)c3)OCc3cccc(C#N)c3)OC2=O)c1. The number of nitrogens with zero attached hydrogens (tertiary/aromatic N) is 4. The molecule has 13 nitrogen and oxygen atoms in total. The number of aliphatic hydroxyl groups is 1. The lowest BCUT2D eigenvalue weighted by atomic mass is 10.1. The van der Waals surface area contributed by atoms with Gasteiger partial charge in [0.25, 0.3) is 0 Å². The molecule has 0 saturated carbocycles. The zero-order chi connectivity index (χ0) is 36.9. The van der Waals surface area contributed by atoms with Gasteiger partial charge >= 0.3 is 13.8 Å². The summed E-state index contributed by atoms with van der Waals surface area (Å²) in [5.41, 5.74) is 3.45. The van der Waals surface area contributed by atoms with Crippen LogP contribution in [0.5, 0.6) is 0 Å². The molecule has 1 aliphatic rings. The van der Waals surface area contributed by atoms with E-state index in [0.717, 1.165) is 0 Å². The number of phosphoric acid groups is 1. The van der Waals surface area contributed by atoms with E-state index in [1.54, 1.807) is 84.9 Å². The number of hydrogen-bond acceptors (Lipinski definition) is 13. The number of cyclic esters (lactones) is 1. The number of hydrogen-bond donors (Lipinski definition) is 1. The fraction of sp³-hybridized carbons (Fsp3) is 0.184. The largest absolute Gasteiger partial charge is 0.485 e. The van der Waals surface area contributed by atoms with Gasteiger partial charge in [0.2, 0.25) is 5.76 Å².